The van der Waals surface area contributed by atoms with Gasteiger partial charge in [0.1, 0.15) is 0 Å². The van der Waals surface area contributed by atoms with Gasteiger partial charge in [-0.2, -0.15) is 0 Å². The Hall–Kier alpha value is -2.79. The van der Waals surface area contributed by atoms with Gasteiger partial charge in [0.25, 0.3) is 0 Å². The molecule has 2 aromatic heterocycles. The molecule has 0 spiro atoms. The van der Waals surface area contributed by atoms with Gasteiger partial charge in [0.05, 0.1) is 11.8 Å². The van der Waals surface area contributed by atoms with Gasteiger partial charge >= 0.3 is 0 Å². The summed E-state index contributed by atoms with van der Waals surface area (Å²) in [6.07, 6.45) is 4.81. The largest absolute Gasteiger partial charge is 0.475 e. The molecule has 0 bridgehead atoms. The Morgan fingerprint density at radius 3 is 2.74 bits per heavy atom. The number of pyridine rings is 1. The van der Waals surface area contributed by atoms with Crippen LogP contribution in [0.5, 0.6) is 5.88 Å². The number of ether oxygens (including phenoxy) is 1. The van der Waals surface area contributed by atoms with Gasteiger partial charge in [-0.3, -0.25) is 4.90 Å². The molecule has 0 radical (unpaired) electrons. The molecule has 0 amide bonds. The molecule has 0 fully saturated rings. The van der Waals surface area contributed by atoms with Gasteiger partial charge in [0.2, 0.25) is 5.88 Å². The van der Waals surface area contributed by atoms with Crippen LogP contribution in [0, 0.1) is 0 Å². The van der Waals surface area contributed by atoms with Crippen molar-refractivity contribution in [3.05, 3.63) is 71.7 Å². The Morgan fingerprint density at radius 2 is 1.93 bits per heavy atom. The lowest BCUT2D eigenvalue weighted by Crippen LogP contribution is -2.31. The van der Waals surface area contributed by atoms with Gasteiger partial charge in [0, 0.05) is 55.1 Å². The number of nitrogens with zero attached hydrogens (tertiary/aromatic N) is 4. The SMILES string of the molecule is CC(C)Oc1ncccc1CN1CCc2nc(-c3ccccc3)ncc2C1. The van der Waals surface area contributed by atoms with E-state index in [9.17, 15) is 0 Å². The minimum atomic E-state index is 0.116. The fourth-order valence-electron chi connectivity index (χ4n) is 3.35. The summed E-state index contributed by atoms with van der Waals surface area (Å²) < 4.78 is 5.86. The number of hydrogen-bond acceptors (Lipinski definition) is 5. The molecule has 4 rings (SSSR count). The topological polar surface area (TPSA) is 51.1 Å². The van der Waals surface area contributed by atoms with Crippen LogP contribution in [0.25, 0.3) is 11.4 Å². The standard InChI is InChI=1S/C22H24N4O/c1-16(2)27-22-18(9-6-11-23-22)14-26-12-10-20-19(15-26)13-24-21(25-20)17-7-4-3-5-8-17/h3-9,11,13,16H,10,12,14-15H2,1-2H3. The molecule has 3 aromatic rings. The molecule has 0 N–H and O–H groups in total. The summed E-state index contributed by atoms with van der Waals surface area (Å²) in [7, 11) is 0. The maximum atomic E-state index is 5.86. The maximum Gasteiger partial charge on any atom is 0.218 e. The molecule has 0 unspecified atom stereocenters. The van der Waals surface area contributed by atoms with E-state index in [0.717, 1.165) is 54.6 Å². The van der Waals surface area contributed by atoms with Crippen LogP contribution >= 0.6 is 0 Å². The fraction of sp³-hybridized carbons (Fsp3) is 0.318. The summed E-state index contributed by atoms with van der Waals surface area (Å²) in [5, 5.41) is 0. The fourth-order valence-corrected chi connectivity index (χ4v) is 3.35. The number of fused-ring (bicyclic) bond motifs is 1. The number of hydrogen-bond donors (Lipinski definition) is 0. The Labute approximate surface area is 160 Å². The van der Waals surface area contributed by atoms with Crippen LogP contribution in [0.4, 0.5) is 0 Å². The molecule has 0 atom stereocenters. The molecule has 27 heavy (non-hydrogen) atoms. The van der Waals surface area contributed by atoms with Crippen molar-refractivity contribution in [2.75, 3.05) is 6.54 Å². The first kappa shape index (κ1) is 17.6. The summed E-state index contributed by atoms with van der Waals surface area (Å²) in [5.74, 6) is 1.54. The van der Waals surface area contributed by atoms with Gasteiger partial charge in [0.15, 0.2) is 5.82 Å². The van der Waals surface area contributed by atoms with E-state index in [1.807, 2.05) is 44.3 Å². The van der Waals surface area contributed by atoms with Gasteiger partial charge in [-0.1, -0.05) is 36.4 Å². The van der Waals surface area contributed by atoms with Crippen molar-refractivity contribution in [1.29, 1.82) is 0 Å². The third-order valence-electron chi connectivity index (χ3n) is 4.64. The van der Waals surface area contributed by atoms with E-state index < -0.39 is 0 Å². The lowest BCUT2D eigenvalue weighted by molar-refractivity contribution is 0.211. The molecular weight excluding hydrogens is 336 g/mol. The molecule has 1 aliphatic heterocycles. The van der Waals surface area contributed by atoms with Crippen LogP contribution in [0.2, 0.25) is 0 Å². The van der Waals surface area contributed by atoms with Crippen LogP contribution in [-0.4, -0.2) is 32.5 Å². The first-order chi connectivity index (χ1) is 13.2. The van der Waals surface area contributed by atoms with Crippen molar-refractivity contribution in [2.24, 2.45) is 0 Å². The summed E-state index contributed by atoms with van der Waals surface area (Å²) in [6, 6.07) is 14.2. The molecule has 5 heteroatoms. The van der Waals surface area contributed by atoms with E-state index in [4.69, 9.17) is 9.72 Å². The van der Waals surface area contributed by atoms with E-state index in [1.165, 1.54) is 5.56 Å². The summed E-state index contributed by atoms with van der Waals surface area (Å²) in [6.45, 7) is 6.68. The Kier molecular flexibility index (Phi) is 5.12. The zero-order valence-corrected chi connectivity index (χ0v) is 15.8. The first-order valence-corrected chi connectivity index (χ1v) is 9.42. The second kappa shape index (κ2) is 7.84. The number of aromatic nitrogens is 3. The molecule has 1 aliphatic rings. The minimum absolute atomic E-state index is 0.116. The second-order valence-electron chi connectivity index (χ2n) is 7.13. The van der Waals surface area contributed by atoms with Gasteiger partial charge in [-0.15, -0.1) is 0 Å². The second-order valence-corrected chi connectivity index (χ2v) is 7.13. The predicted molar refractivity (Wildman–Crippen MR) is 105 cm³/mol. The normalized spacial score (nSPS) is 14.2. The quantitative estimate of drug-likeness (QED) is 0.691. The van der Waals surface area contributed by atoms with Crippen molar-refractivity contribution in [3.63, 3.8) is 0 Å². The van der Waals surface area contributed by atoms with Crippen molar-refractivity contribution in [1.82, 2.24) is 19.9 Å². The van der Waals surface area contributed by atoms with Gasteiger partial charge < -0.3 is 4.74 Å². The minimum Gasteiger partial charge on any atom is -0.475 e. The summed E-state index contributed by atoms with van der Waals surface area (Å²) in [4.78, 5) is 16.2. The molecule has 0 saturated heterocycles. The van der Waals surface area contributed by atoms with Gasteiger partial charge in [-0.05, 0) is 19.9 Å². The third kappa shape index (κ3) is 4.14. The lowest BCUT2D eigenvalue weighted by Gasteiger charge is -2.28. The molecule has 1 aromatic carbocycles. The molecule has 0 aliphatic carbocycles. The number of rotatable bonds is 5. The monoisotopic (exact) mass is 360 g/mol. The van der Waals surface area contributed by atoms with Gasteiger partial charge in [-0.25, -0.2) is 15.0 Å². The van der Waals surface area contributed by atoms with E-state index in [-0.39, 0.29) is 6.10 Å². The van der Waals surface area contributed by atoms with Crippen LogP contribution in [0.15, 0.2) is 54.9 Å². The van der Waals surface area contributed by atoms with Crippen LogP contribution in [-0.2, 0) is 19.5 Å². The molecule has 3 heterocycles. The van der Waals surface area contributed by atoms with E-state index in [0.29, 0.717) is 0 Å². The first-order valence-electron chi connectivity index (χ1n) is 9.42. The van der Waals surface area contributed by atoms with Crippen molar-refractivity contribution < 1.29 is 4.74 Å². The van der Waals surface area contributed by atoms with Crippen molar-refractivity contribution >= 4 is 0 Å². The van der Waals surface area contributed by atoms with E-state index >= 15 is 0 Å². The van der Waals surface area contributed by atoms with Crippen molar-refractivity contribution in [3.8, 4) is 17.3 Å². The highest BCUT2D eigenvalue weighted by Crippen LogP contribution is 2.24. The average molecular weight is 360 g/mol. The molecule has 0 saturated carbocycles. The molecule has 138 valence electrons. The van der Waals surface area contributed by atoms with Crippen LogP contribution in [0.1, 0.15) is 30.7 Å². The Balaban J connectivity index is 1.50. The highest BCUT2D eigenvalue weighted by molar-refractivity contribution is 5.54. The Bertz CT molecular complexity index is 911. The lowest BCUT2D eigenvalue weighted by atomic mass is 10.1. The van der Waals surface area contributed by atoms with Crippen LogP contribution < -0.4 is 4.74 Å². The van der Waals surface area contributed by atoms with E-state index in [1.54, 1.807) is 6.20 Å². The van der Waals surface area contributed by atoms with Crippen LogP contribution in [0.3, 0.4) is 0 Å². The Morgan fingerprint density at radius 1 is 1.07 bits per heavy atom. The predicted octanol–water partition coefficient (Wildman–Crippen LogP) is 3.88. The highest BCUT2D eigenvalue weighted by atomic mass is 16.5. The molecular formula is C22H24N4O. The summed E-state index contributed by atoms with van der Waals surface area (Å²) in [5.41, 5.74) is 4.55. The zero-order chi connectivity index (χ0) is 18.6. The smallest absolute Gasteiger partial charge is 0.218 e. The van der Waals surface area contributed by atoms with E-state index in [2.05, 4.69) is 33.1 Å². The summed E-state index contributed by atoms with van der Waals surface area (Å²) >= 11 is 0. The maximum absolute atomic E-state index is 5.86. The third-order valence-corrected chi connectivity index (χ3v) is 4.64. The number of benzene rings is 1. The van der Waals surface area contributed by atoms with Crippen molar-refractivity contribution in [2.45, 2.75) is 39.5 Å². The highest BCUT2D eigenvalue weighted by Gasteiger charge is 2.20. The molecule has 5 nitrogen and oxygen atoms in total. The zero-order valence-electron chi connectivity index (χ0n) is 15.8. The average Bonchev–Trinajstić information content (AvgIpc) is 2.69.